The SMILES string of the molecule is CCOC(=O)N(C)c1cn[nH]c1. The second kappa shape index (κ2) is 3.75. The van der Waals surface area contributed by atoms with E-state index >= 15 is 0 Å². The molecule has 0 aliphatic rings. The molecule has 1 rings (SSSR count). The normalized spacial score (nSPS) is 9.50. The predicted molar refractivity (Wildman–Crippen MR) is 44.0 cm³/mol. The molecule has 66 valence electrons. The first kappa shape index (κ1) is 8.58. The summed E-state index contributed by atoms with van der Waals surface area (Å²) in [6, 6.07) is 0. The van der Waals surface area contributed by atoms with E-state index in [1.54, 1.807) is 26.4 Å². The summed E-state index contributed by atoms with van der Waals surface area (Å²) >= 11 is 0. The largest absolute Gasteiger partial charge is 0.449 e. The van der Waals surface area contributed by atoms with Gasteiger partial charge in [0.05, 0.1) is 18.5 Å². The van der Waals surface area contributed by atoms with Crippen LogP contribution in [-0.2, 0) is 4.74 Å². The van der Waals surface area contributed by atoms with E-state index in [1.807, 2.05) is 0 Å². The minimum absolute atomic E-state index is 0.376. The fraction of sp³-hybridized carbons (Fsp3) is 0.429. The van der Waals surface area contributed by atoms with Crippen molar-refractivity contribution in [1.82, 2.24) is 10.2 Å². The number of nitrogens with zero attached hydrogens (tertiary/aromatic N) is 2. The Bertz CT molecular complexity index is 245. The molecule has 0 aromatic carbocycles. The standard InChI is InChI=1S/C7H11N3O2/c1-3-12-7(11)10(2)6-4-8-9-5-6/h4-5H,3H2,1-2H3,(H,8,9). The fourth-order valence-electron chi connectivity index (χ4n) is 0.753. The molecule has 0 spiro atoms. The summed E-state index contributed by atoms with van der Waals surface area (Å²) in [5, 5.41) is 6.32. The first-order valence-corrected chi connectivity index (χ1v) is 3.65. The van der Waals surface area contributed by atoms with Crippen LogP contribution in [0.15, 0.2) is 12.4 Å². The number of carbonyl (C=O) groups is 1. The van der Waals surface area contributed by atoms with Crippen LogP contribution in [0.1, 0.15) is 6.92 Å². The van der Waals surface area contributed by atoms with E-state index in [1.165, 1.54) is 4.90 Å². The van der Waals surface area contributed by atoms with Crippen LogP contribution in [0.4, 0.5) is 10.5 Å². The average Bonchev–Trinajstić information content (AvgIpc) is 2.55. The summed E-state index contributed by atoms with van der Waals surface area (Å²) < 4.78 is 4.77. The Hall–Kier alpha value is -1.52. The summed E-state index contributed by atoms with van der Waals surface area (Å²) in [5.41, 5.74) is 0.688. The number of hydrogen-bond acceptors (Lipinski definition) is 3. The summed E-state index contributed by atoms with van der Waals surface area (Å²) in [6.45, 7) is 2.14. The highest BCUT2D eigenvalue weighted by Crippen LogP contribution is 2.08. The molecule has 5 nitrogen and oxygen atoms in total. The molecular weight excluding hydrogens is 158 g/mol. The van der Waals surface area contributed by atoms with Crippen molar-refractivity contribution in [2.75, 3.05) is 18.6 Å². The van der Waals surface area contributed by atoms with Crippen molar-refractivity contribution in [2.45, 2.75) is 6.92 Å². The van der Waals surface area contributed by atoms with Crippen molar-refractivity contribution in [2.24, 2.45) is 0 Å². The van der Waals surface area contributed by atoms with Crippen LogP contribution in [-0.4, -0.2) is 29.9 Å². The molecule has 0 atom stereocenters. The second-order valence-electron chi connectivity index (χ2n) is 2.21. The third-order valence-electron chi connectivity index (χ3n) is 1.41. The van der Waals surface area contributed by atoms with Crippen LogP contribution in [0, 0.1) is 0 Å². The molecule has 1 heterocycles. The molecule has 0 fully saturated rings. The van der Waals surface area contributed by atoms with Gasteiger partial charge in [0.25, 0.3) is 0 Å². The van der Waals surface area contributed by atoms with Gasteiger partial charge in [-0.2, -0.15) is 5.10 Å². The Kier molecular flexibility index (Phi) is 2.68. The number of amides is 1. The van der Waals surface area contributed by atoms with Gasteiger partial charge in [-0.1, -0.05) is 0 Å². The van der Waals surface area contributed by atoms with Gasteiger partial charge in [0.1, 0.15) is 0 Å². The fourth-order valence-corrected chi connectivity index (χ4v) is 0.753. The molecule has 0 aliphatic heterocycles. The molecule has 1 aromatic heterocycles. The predicted octanol–water partition coefficient (Wildman–Crippen LogP) is 1.00. The molecular formula is C7H11N3O2. The lowest BCUT2D eigenvalue weighted by atomic mass is 10.5. The molecule has 1 amide bonds. The zero-order valence-corrected chi connectivity index (χ0v) is 7.07. The molecule has 0 saturated heterocycles. The Balaban J connectivity index is 2.59. The number of H-pyrrole nitrogens is 1. The van der Waals surface area contributed by atoms with Gasteiger partial charge < -0.3 is 4.74 Å². The van der Waals surface area contributed by atoms with Crippen LogP contribution in [0.2, 0.25) is 0 Å². The first-order valence-electron chi connectivity index (χ1n) is 3.65. The van der Waals surface area contributed by atoms with Crippen molar-refractivity contribution in [1.29, 1.82) is 0 Å². The Labute approximate surface area is 70.3 Å². The van der Waals surface area contributed by atoms with Crippen molar-refractivity contribution >= 4 is 11.8 Å². The molecule has 0 saturated carbocycles. The minimum Gasteiger partial charge on any atom is -0.449 e. The van der Waals surface area contributed by atoms with Gasteiger partial charge in [-0.05, 0) is 6.92 Å². The maximum atomic E-state index is 11.1. The molecule has 0 aliphatic carbocycles. The minimum atomic E-state index is -0.376. The number of anilines is 1. The van der Waals surface area contributed by atoms with E-state index in [-0.39, 0.29) is 6.09 Å². The quantitative estimate of drug-likeness (QED) is 0.718. The molecule has 1 aromatic rings. The Morgan fingerprint density at radius 1 is 1.83 bits per heavy atom. The maximum Gasteiger partial charge on any atom is 0.414 e. The monoisotopic (exact) mass is 169 g/mol. The van der Waals surface area contributed by atoms with Gasteiger partial charge in [0.2, 0.25) is 0 Å². The van der Waals surface area contributed by atoms with Crippen molar-refractivity contribution in [3.05, 3.63) is 12.4 Å². The van der Waals surface area contributed by atoms with E-state index in [0.717, 1.165) is 0 Å². The van der Waals surface area contributed by atoms with Gasteiger partial charge in [-0.15, -0.1) is 0 Å². The molecule has 5 heteroatoms. The van der Waals surface area contributed by atoms with Crippen LogP contribution in [0.5, 0.6) is 0 Å². The van der Waals surface area contributed by atoms with Crippen molar-refractivity contribution in [3.8, 4) is 0 Å². The van der Waals surface area contributed by atoms with E-state index in [9.17, 15) is 4.79 Å². The lowest BCUT2D eigenvalue weighted by Crippen LogP contribution is -2.26. The van der Waals surface area contributed by atoms with Gasteiger partial charge in [-0.25, -0.2) is 4.79 Å². The summed E-state index contributed by atoms with van der Waals surface area (Å²) in [7, 11) is 1.63. The highest BCUT2D eigenvalue weighted by atomic mass is 16.6. The average molecular weight is 169 g/mol. The summed E-state index contributed by atoms with van der Waals surface area (Å²) in [4.78, 5) is 12.5. The number of nitrogens with one attached hydrogen (secondary N) is 1. The van der Waals surface area contributed by atoms with E-state index in [4.69, 9.17) is 4.74 Å². The lowest BCUT2D eigenvalue weighted by molar-refractivity contribution is 0.161. The van der Waals surface area contributed by atoms with E-state index in [2.05, 4.69) is 10.2 Å². The summed E-state index contributed by atoms with van der Waals surface area (Å²) in [6.07, 6.45) is 2.80. The smallest absolute Gasteiger partial charge is 0.414 e. The van der Waals surface area contributed by atoms with Crippen molar-refractivity contribution in [3.63, 3.8) is 0 Å². The van der Waals surface area contributed by atoms with Crippen molar-refractivity contribution < 1.29 is 9.53 Å². The lowest BCUT2D eigenvalue weighted by Gasteiger charge is -2.13. The second-order valence-corrected chi connectivity index (χ2v) is 2.21. The summed E-state index contributed by atoms with van der Waals surface area (Å²) in [5.74, 6) is 0. The Morgan fingerprint density at radius 3 is 3.08 bits per heavy atom. The number of ether oxygens (including phenoxy) is 1. The van der Waals surface area contributed by atoms with Gasteiger partial charge in [-0.3, -0.25) is 10.00 Å². The third-order valence-corrected chi connectivity index (χ3v) is 1.41. The highest BCUT2D eigenvalue weighted by Gasteiger charge is 2.11. The van der Waals surface area contributed by atoms with Gasteiger partial charge in [0, 0.05) is 13.2 Å². The maximum absolute atomic E-state index is 11.1. The van der Waals surface area contributed by atoms with Gasteiger partial charge in [0.15, 0.2) is 0 Å². The Morgan fingerprint density at radius 2 is 2.58 bits per heavy atom. The molecule has 0 bridgehead atoms. The zero-order chi connectivity index (χ0) is 8.97. The molecule has 0 unspecified atom stereocenters. The number of carbonyl (C=O) groups excluding carboxylic acids is 1. The topological polar surface area (TPSA) is 58.2 Å². The number of rotatable bonds is 2. The molecule has 1 N–H and O–H groups in total. The van der Waals surface area contributed by atoms with Crippen LogP contribution < -0.4 is 4.90 Å². The van der Waals surface area contributed by atoms with Gasteiger partial charge >= 0.3 is 6.09 Å². The van der Waals surface area contributed by atoms with Crippen LogP contribution in [0.25, 0.3) is 0 Å². The highest BCUT2D eigenvalue weighted by molar-refractivity contribution is 5.86. The van der Waals surface area contributed by atoms with E-state index < -0.39 is 0 Å². The third kappa shape index (κ3) is 1.75. The van der Waals surface area contributed by atoms with Crippen LogP contribution >= 0.6 is 0 Å². The molecule has 12 heavy (non-hydrogen) atoms. The van der Waals surface area contributed by atoms with E-state index in [0.29, 0.717) is 12.3 Å². The molecule has 0 radical (unpaired) electrons. The number of hydrogen-bond donors (Lipinski definition) is 1. The van der Waals surface area contributed by atoms with Crippen LogP contribution in [0.3, 0.4) is 0 Å². The zero-order valence-electron chi connectivity index (χ0n) is 7.07. The number of aromatic nitrogens is 2. The number of aromatic amines is 1. The first-order chi connectivity index (χ1) is 5.75.